The monoisotopic (exact) mass is 285 g/mol. The highest BCUT2D eigenvalue weighted by Crippen LogP contribution is 2.14. The lowest BCUT2D eigenvalue weighted by Crippen LogP contribution is -2.47. The van der Waals surface area contributed by atoms with Gasteiger partial charge in [0.25, 0.3) is 0 Å². The Labute approximate surface area is 120 Å². The molecule has 0 aromatic heterocycles. The third-order valence-electron chi connectivity index (χ3n) is 3.91. The van der Waals surface area contributed by atoms with Crippen molar-refractivity contribution in [3.63, 3.8) is 0 Å². The molecule has 1 aliphatic rings. The third kappa shape index (κ3) is 6.23. The first-order valence-corrected chi connectivity index (χ1v) is 7.33. The van der Waals surface area contributed by atoms with Crippen LogP contribution in [0.5, 0.6) is 0 Å². The van der Waals surface area contributed by atoms with Crippen molar-refractivity contribution in [3.8, 4) is 0 Å². The second-order valence-corrected chi connectivity index (χ2v) is 6.05. The SMILES string of the molecule is CC(C)C(CC(=O)O)NC(=O)NCC1CCN(C)CC1. The van der Waals surface area contributed by atoms with E-state index in [0.717, 1.165) is 25.9 Å². The Morgan fingerprint density at radius 1 is 1.30 bits per heavy atom. The Morgan fingerprint density at radius 2 is 1.90 bits per heavy atom. The van der Waals surface area contributed by atoms with E-state index in [4.69, 9.17) is 5.11 Å². The smallest absolute Gasteiger partial charge is 0.315 e. The van der Waals surface area contributed by atoms with Crippen LogP contribution in [0.2, 0.25) is 0 Å². The molecule has 1 atom stereocenters. The molecule has 1 fully saturated rings. The van der Waals surface area contributed by atoms with Gasteiger partial charge in [-0.15, -0.1) is 0 Å². The van der Waals surface area contributed by atoms with Crippen molar-refractivity contribution in [2.24, 2.45) is 11.8 Å². The van der Waals surface area contributed by atoms with Gasteiger partial charge in [-0.25, -0.2) is 4.79 Å². The summed E-state index contributed by atoms with van der Waals surface area (Å²) in [6, 6.07) is -0.589. The summed E-state index contributed by atoms with van der Waals surface area (Å²) < 4.78 is 0. The van der Waals surface area contributed by atoms with Gasteiger partial charge in [0.2, 0.25) is 0 Å². The van der Waals surface area contributed by atoms with Crippen molar-refractivity contribution >= 4 is 12.0 Å². The van der Waals surface area contributed by atoms with Gasteiger partial charge in [0.1, 0.15) is 0 Å². The number of urea groups is 1. The van der Waals surface area contributed by atoms with Crippen LogP contribution in [0.15, 0.2) is 0 Å². The topological polar surface area (TPSA) is 81.7 Å². The first-order valence-electron chi connectivity index (χ1n) is 7.33. The quantitative estimate of drug-likeness (QED) is 0.683. The summed E-state index contributed by atoms with van der Waals surface area (Å²) in [5.74, 6) is -0.270. The maximum Gasteiger partial charge on any atom is 0.315 e. The van der Waals surface area contributed by atoms with E-state index >= 15 is 0 Å². The Kier molecular flexibility index (Phi) is 6.78. The number of hydrogen-bond donors (Lipinski definition) is 3. The second kappa shape index (κ2) is 8.09. The Bertz CT molecular complexity index is 326. The molecule has 0 radical (unpaired) electrons. The van der Waals surface area contributed by atoms with E-state index in [1.54, 1.807) is 0 Å². The molecule has 116 valence electrons. The number of hydrogen-bond acceptors (Lipinski definition) is 3. The minimum Gasteiger partial charge on any atom is -0.481 e. The van der Waals surface area contributed by atoms with Crippen molar-refractivity contribution in [1.29, 1.82) is 0 Å². The molecule has 1 saturated heterocycles. The zero-order chi connectivity index (χ0) is 15.1. The number of likely N-dealkylation sites (tertiary alicyclic amines) is 1. The fraction of sp³-hybridized carbons (Fsp3) is 0.857. The molecular weight excluding hydrogens is 258 g/mol. The number of carboxylic acids is 1. The van der Waals surface area contributed by atoms with Gasteiger partial charge >= 0.3 is 12.0 Å². The predicted octanol–water partition coefficient (Wildman–Crippen LogP) is 1.13. The molecule has 1 rings (SSSR count). The lowest BCUT2D eigenvalue weighted by atomic mass is 9.97. The minimum absolute atomic E-state index is 0.0424. The van der Waals surface area contributed by atoms with E-state index in [1.807, 2.05) is 13.8 Å². The number of carboxylic acid groups (broad SMARTS) is 1. The molecular formula is C14H27N3O3. The molecule has 0 saturated carbocycles. The van der Waals surface area contributed by atoms with Crippen LogP contribution in [0, 0.1) is 11.8 Å². The Hall–Kier alpha value is -1.30. The van der Waals surface area contributed by atoms with Gasteiger partial charge in [-0.2, -0.15) is 0 Å². The average Bonchev–Trinajstić information content (AvgIpc) is 2.36. The number of piperidine rings is 1. The number of carbonyl (C=O) groups excluding carboxylic acids is 1. The average molecular weight is 285 g/mol. The molecule has 6 heteroatoms. The molecule has 1 unspecified atom stereocenters. The molecule has 2 amide bonds. The van der Waals surface area contributed by atoms with E-state index in [0.29, 0.717) is 12.5 Å². The fourth-order valence-corrected chi connectivity index (χ4v) is 2.36. The van der Waals surface area contributed by atoms with Gasteiger partial charge in [0.15, 0.2) is 0 Å². The first kappa shape index (κ1) is 16.8. The number of nitrogens with zero attached hydrogens (tertiary/aromatic N) is 1. The molecule has 3 N–H and O–H groups in total. The van der Waals surface area contributed by atoms with Crippen LogP contribution in [0.1, 0.15) is 33.1 Å². The summed E-state index contributed by atoms with van der Waals surface area (Å²) >= 11 is 0. The standard InChI is InChI=1S/C14H27N3O3/c1-10(2)12(8-13(18)19)16-14(20)15-9-11-4-6-17(3)7-5-11/h10-12H,4-9H2,1-3H3,(H,18,19)(H2,15,16,20). The predicted molar refractivity (Wildman–Crippen MR) is 77.6 cm³/mol. The number of nitrogens with one attached hydrogen (secondary N) is 2. The summed E-state index contributed by atoms with van der Waals surface area (Å²) in [6.45, 7) is 6.62. The van der Waals surface area contributed by atoms with Crippen molar-refractivity contribution in [1.82, 2.24) is 15.5 Å². The summed E-state index contributed by atoms with van der Waals surface area (Å²) in [6.07, 6.45) is 2.15. The summed E-state index contributed by atoms with van der Waals surface area (Å²) in [4.78, 5) is 24.9. The van der Waals surface area contributed by atoms with Crippen molar-refractivity contribution in [3.05, 3.63) is 0 Å². The molecule has 0 aromatic rings. The van der Waals surface area contributed by atoms with Crippen LogP contribution >= 0.6 is 0 Å². The molecule has 0 aromatic carbocycles. The maximum atomic E-state index is 11.8. The van der Waals surface area contributed by atoms with Crippen LogP contribution < -0.4 is 10.6 Å². The number of rotatable bonds is 6. The van der Waals surface area contributed by atoms with Crippen LogP contribution in [-0.4, -0.2) is 54.7 Å². The summed E-state index contributed by atoms with van der Waals surface area (Å²) in [7, 11) is 2.11. The van der Waals surface area contributed by atoms with Gasteiger partial charge in [-0.05, 0) is 44.8 Å². The summed E-state index contributed by atoms with van der Waals surface area (Å²) in [5, 5.41) is 14.4. The molecule has 0 aliphatic carbocycles. The Morgan fingerprint density at radius 3 is 2.40 bits per heavy atom. The maximum absolute atomic E-state index is 11.8. The zero-order valence-electron chi connectivity index (χ0n) is 12.7. The van der Waals surface area contributed by atoms with E-state index in [9.17, 15) is 9.59 Å². The highest BCUT2D eigenvalue weighted by molar-refractivity contribution is 5.75. The second-order valence-electron chi connectivity index (χ2n) is 6.05. The fourth-order valence-electron chi connectivity index (χ4n) is 2.36. The van der Waals surface area contributed by atoms with Crippen LogP contribution in [0.3, 0.4) is 0 Å². The van der Waals surface area contributed by atoms with Crippen molar-refractivity contribution < 1.29 is 14.7 Å². The van der Waals surface area contributed by atoms with E-state index in [2.05, 4.69) is 22.6 Å². The minimum atomic E-state index is -0.890. The molecule has 0 bridgehead atoms. The number of aliphatic carboxylic acids is 1. The Balaban J connectivity index is 2.29. The highest BCUT2D eigenvalue weighted by Gasteiger charge is 2.21. The lowest BCUT2D eigenvalue weighted by Gasteiger charge is -2.29. The third-order valence-corrected chi connectivity index (χ3v) is 3.91. The zero-order valence-corrected chi connectivity index (χ0v) is 12.7. The van der Waals surface area contributed by atoms with Gasteiger partial charge in [0.05, 0.1) is 6.42 Å². The van der Waals surface area contributed by atoms with Crippen molar-refractivity contribution in [2.45, 2.75) is 39.2 Å². The normalized spacial score (nSPS) is 18.8. The summed E-state index contributed by atoms with van der Waals surface area (Å²) in [5.41, 5.74) is 0. The van der Waals surface area contributed by atoms with Gasteiger partial charge < -0.3 is 20.6 Å². The van der Waals surface area contributed by atoms with Gasteiger partial charge in [0, 0.05) is 12.6 Å². The molecule has 0 spiro atoms. The number of carbonyl (C=O) groups is 2. The largest absolute Gasteiger partial charge is 0.481 e. The van der Waals surface area contributed by atoms with E-state index in [1.165, 1.54) is 0 Å². The van der Waals surface area contributed by atoms with Gasteiger partial charge in [-0.3, -0.25) is 4.79 Å². The molecule has 20 heavy (non-hydrogen) atoms. The van der Waals surface area contributed by atoms with Crippen molar-refractivity contribution in [2.75, 3.05) is 26.7 Å². The lowest BCUT2D eigenvalue weighted by molar-refractivity contribution is -0.137. The molecule has 6 nitrogen and oxygen atoms in total. The van der Waals surface area contributed by atoms with Crippen LogP contribution in [0.25, 0.3) is 0 Å². The van der Waals surface area contributed by atoms with Gasteiger partial charge in [-0.1, -0.05) is 13.8 Å². The van der Waals surface area contributed by atoms with Crippen LogP contribution in [0.4, 0.5) is 4.79 Å². The van der Waals surface area contributed by atoms with E-state index < -0.39 is 5.97 Å². The highest BCUT2D eigenvalue weighted by atomic mass is 16.4. The molecule has 1 aliphatic heterocycles. The van der Waals surface area contributed by atoms with E-state index in [-0.39, 0.29) is 24.4 Å². The molecule has 1 heterocycles. The first-order chi connectivity index (χ1) is 9.38. The number of amides is 2. The van der Waals surface area contributed by atoms with Crippen LogP contribution in [-0.2, 0) is 4.79 Å².